The van der Waals surface area contributed by atoms with Gasteiger partial charge in [-0.3, -0.25) is 4.79 Å². The third-order valence-corrected chi connectivity index (χ3v) is 7.49. The van der Waals surface area contributed by atoms with Gasteiger partial charge >= 0.3 is 0 Å². The van der Waals surface area contributed by atoms with Crippen LogP contribution in [-0.2, 0) is 5.60 Å². The smallest absolute Gasteiger partial charge is 0.224 e. The number of ether oxygens (including phenoxy) is 2. The molecule has 0 fully saturated rings. The number of carbonyl (C=O) groups is 1. The Morgan fingerprint density at radius 2 is 1.19 bits per heavy atom. The van der Waals surface area contributed by atoms with Crippen LogP contribution in [0.2, 0.25) is 0 Å². The van der Waals surface area contributed by atoms with Gasteiger partial charge < -0.3 is 34.9 Å². The molecule has 0 aliphatic heterocycles. The molecule has 0 spiro atoms. The standard InChI is InChI=1S/C18H18N6O3.C17H14N6O3/c1-10-7-8-11(26-10)15-22-17(19)23-16-12(9-20-24(15)16)27-14-6-4-5-13(21-14)18(2,3)25;1-9-6-7-12(25-9)15-21-17(18)22-16-13(8-19-23(15)16)26-14-5-3-4-11(20-14)10(2)24/h4-9,25H,1-3H3,(H2,19,23);3-8H,1-2H3,(H2,18,22). The van der Waals surface area contributed by atoms with Crippen LogP contribution in [0.1, 0.15) is 48.5 Å². The Bertz CT molecular complexity index is 2620. The molecule has 8 rings (SSSR count). The zero-order chi connectivity index (χ0) is 37.4. The molecule has 53 heavy (non-hydrogen) atoms. The minimum absolute atomic E-state index is 0.0531. The number of nitrogen functional groups attached to an aromatic ring is 2. The van der Waals surface area contributed by atoms with Crippen LogP contribution in [0.4, 0.5) is 11.9 Å². The summed E-state index contributed by atoms with van der Waals surface area (Å²) in [6, 6.07) is 17.3. The molecular weight excluding hydrogens is 684 g/mol. The lowest BCUT2D eigenvalue weighted by Crippen LogP contribution is -2.17. The summed E-state index contributed by atoms with van der Waals surface area (Å²) in [6.07, 6.45) is 2.98. The molecule has 0 saturated carbocycles. The molecule has 5 N–H and O–H groups in total. The van der Waals surface area contributed by atoms with Crippen molar-refractivity contribution in [3.63, 3.8) is 0 Å². The maximum absolute atomic E-state index is 11.5. The summed E-state index contributed by atoms with van der Waals surface area (Å²) in [5.74, 6) is 4.52. The molecule has 0 saturated heterocycles. The van der Waals surface area contributed by atoms with Gasteiger partial charge in [0.25, 0.3) is 0 Å². The molecule has 18 heteroatoms. The number of hydrogen-bond acceptors (Lipinski definition) is 16. The van der Waals surface area contributed by atoms with Crippen molar-refractivity contribution in [3.05, 3.63) is 96.0 Å². The van der Waals surface area contributed by atoms with E-state index in [0.717, 1.165) is 11.5 Å². The molecule has 268 valence electrons. The van der Waals surface area contributed by atoms with Gasteiger partial charge in [-0.2, -0.15) is 39.2 Å². The monoisotopic (exact) mass is 716 g/mol. The van der Waals surface area contributed by atoms with Crippen molar-refractivity contribution in [1.82, 2.24) is 49.1 Å². The van der Waals surface area contributed by atoms with E-state index in [4.69, 9.17) is 29.8 Å². The highest BCUT2D eigenvalue weighted by molar-refractivity contribution is 5.92. The number of Topliss-reactive ketones (excluding diaryl/α,β-unsaturated/α-hetero) is 1. The Labute approximate surface area is 300 Å². The number of hydrogen-bond donors (Lipinski definition) is 3. The second kappa shape index (κ2) is 13.5. The van der Waals surface area contributed by atoms with Crippen LogP contribution in [0, 0.1) is 13.8 Å². The number of nitrogens with two attached hydrogens (primary N) is 2. The van der Waals surface area contributed by atoms with Crippen LogP contribution in [0.15, 0.2) is 81.9 Å². The first kappa shape index (κ1) is 34.2. The Balaban J connectivity index is 0.000000164. The summed E-state index contributed by atoms with van der Waals surface area (Å²) >= 11 is 0. The first-order chi connectivity index (χ1) is 25.3. The van der Waals surface area contributed by atoms with Crippen molar-refractivity contribution < 1.29 is 28.2 Å². The number of carbonyl (C=O) groups excluding carboxylic acids is 1. The highest BCUT2D eigenvalue weighted by atomic mass is 16.5. The van der Waals surface area contributed by atoms with Crippen LogP contribution in [0.25, 0.3) is 34.5 Å². The summed E-state index contributed by atoms with van der Waals surface area (Å²) < 4.78 is 25.8. The van der Waals surface area contributed by atoms with Crippen molar-refractivity contribution in [2.45, 2.75) is 40.2 Å². The second-order valence-electron chi connectivity index (χ2n) is 12.2. The number of ketones is 1. The lowest BCUT2D eigenvalue weighted by molar-refractivity contribution is 0.0733. The molecule has 0 atom stereocenters. The van der Waals surface area contributed by atoms with Gasteiger partial charge in [-0.15, -0.1) is 0 Å². The zero-order valence-corrected chi connectivity index (χ0v) is 29.0. The average molecular weight is 717 g/mol. The minimum Gasteiger partial charge on any atom is -0.458 e. The summed E-state index contributed by atoms with van der Waals surface area (Å²) in [5, 5.41) is 18.7. The quantitative estimate of drug-likeness (QED) is 0.168. The third kappa shape index (κ3) is 7.19. The van der Waals surface area contributed by atoms with Gasteiger partial charge in [0.1, 0.15) is 22.8 Å². The zero-order valence-electron chi connectivity index (χ0n) is 29.0. The fourth-order valence-corrected chi connectivity index (χ4v) is 5.03. The number of aryl methyl sites for hydroxylation is 2. The second-order valence-corrected chi connectivity index (χ2v) is 12.2. The number of rotatable bonds is 8. The maximum atomic E-state index is 11.5. The normalized spacial score (nSPS) is 11.4. The van der Waals surface area contributed by atoms with E-state index in [1.54, 1.807) is 62.4 Å². The molecule has 0 aliphatic rings. The molecule has 8 aromatic heterocycles. The number of nitrogens with zero attached hydrogens (tertiary/aromatic N) is 10. The summed E-state index contributed by atoms with van der Waals surface area (Å²) in [5.41, 5.74) is 12.1. The van der Waals surface area contributed by atoms with E-state index in [2.05, 4.69) is 40.1 Å². The van der Waals surface area contributed by atoms with E-state index in [1.807, 2.05) is 26.0 Å². The maximum Gasteiger partial charge on any atom is 0.224 e. The largest absolute Gasteiger partial charge is 0.458 e. The fraction of sp³-hybridized carbons (Fsp3) is 0.171. The SMILES string of the molecule is CC(=O)c1cccc(Oc2cnn3c(-c4ccc(C)o4)nc(N)nc23)n1.Cc1ccc(-c2nc(N)nc3c(Oc4cccc(C(C)(C)O)n4)cnn23)o1. The van der Waals surface area contributed by atoms with E-state index in [9.17, 15) is 9.90 Å². The van der Waals surface area contributed by atoms with Gasteiger partial charge in [0.2, 0.25) is 46.6 Å². The van der Waals surface area contributed by atoms with Crippen LogP contribution < -0.4 is 20.9 Å². The predicted molar refractivity (Wildman–Crippen MR) is 189 cm³/mol. The van der Waals surface area contributed by atoms with Crippen molar-refractivity contribution in [2.75, 3.05) is 11.5 Å². The van der Waals surface area contributed by atoms with E-state index < -0.39 is 5.60 Å². The molecular formula is C35H32N12O6. The van der Waals surface area contributed by atoms with E-state index >= 15 is 0 Å². The number of fused-ring (bicyclic) bond motifs is 2. The Morgan fingerprint density at radius 3 is 1.64 bits per heavy atom. The van der Waals surface area contributed by atoms with Gasteiger partial charge in [-0.05, 0) is 64.1 Å². The van der Waals surface area contributed by atoms with Crippen molar-refractivity contribution in [3.8, 4) is 46.4 Å². The number of aliphatic hydroxyl groups is 1. The summed E-state index contributed by atoms with van der Waals surface area (Å²) in [6.45, 7) is 8.41. The lowest BCUT2D eigenvalue weighted by atomic mass is 10.1. The van der Waals surface area contributed by atoms with Gasteiger partial charge in [0.05, 0.1) is 18.1 Å². The van der Waals surface area contributed by atoms with E-state index in [-0.39, 0.29) is 23.6 Å². The molecule has 8 heterocycles. The third-order valence-electron chi connectivity index (χ3n) is 7.49. The van der Waals surface area contributed by atoms with Crippen molar-refractivity contribution >= 4 is 29.0 Å². The number of pyridine rings is 2. The van der Waals surface area contributed by atoms with E-state index in [1.165, 1.54) is 28.3 Å². The average Bonchev–Trinajstić information content (AvgIpc) is 3.93. The summed E-state index contributed by atoms with van der Waals surface area (Å²) in [7, 11) is 0. The highest BCUT2D eigenvalue weighted by Gasteiger charge is 2.21. The predicted octanol–water partition coefficient (Wildman–Crippen LogP) is 5.35. The molecule has 0 amide bonds. The van der Waals surface area contributed by atoms with Crippen LogP contribution >= 0.6 is 0 Å². The Kier molecular flexibility index (Phi) is 8.72. The molecule has 0 aliphatic carbocycles. The first-order valence-electron chi connectivity index (χ1n) is 16.0. The molecule has 0 bridgehead atoms. The molecule has 0 unspecified atom stereocenters. The number of aromatic nitrogens is 10. The van der Waals surface area contributed by atoms with E-state index in [0.29, 0.717) is 63.2 Å². The van der Waals surface area contributed by atoms with Crippen LogP contribution in [-0.4, -0.2) is 60.0 Å². The minimum atomic E-state index is -1.09. The van der Waals surface area contributed by atoms with Crippen molar-refractivity contribution in [1.29, 1.82) is 0 Å². The van der Waals surface area contributed by atoms with Gasteiger partial charge in [0, 0.05) is 19.1 Å². The van der Waals surface area contributed by atoms with Gasteiger partial charge in [-0.1, -0.05) is 12.1 Å². The Morgan fingerprint density at radius 1 is 0.698 bits per heavy atom. The van der Waals surface area contributed by atoms with Gasteiger partial charge in [0.15, 0.2) is 28.8 Å². The summed E-state index contributed by atoms with van der Waals surface area (Å²) in [4.78, 5) is 36.8. The van der Waals surface area contributed by atoms with Crippen LogP contribution in [0.3, 0.4) is 0 Å². The topological polar surface area (TPSA) is 246 Å². The molecule has 8 aromatic rings. The first-order valence-corrected chi connectivity index (χ1v) is 16.0. The number of anilines is 2. The lowest BCUT2D eigenvalue weighted by Gasteiger charge is -2.16. The Hall–Kier alpha value is -7.21. The molecule has 0 aromatic carbocycles. The van der Waals surface area contributed by atoms with Crippen LogP contribution in [0.5, 0.6) is 23.3 Å². The fourth-order valence-electron chi connectivity index (χ4n) is 5.03. The van der Waals surface area contributed by atoms with Crippen molar-refractivity contribution in [2.24, 2.45) is 0 Å². The molecule has 0 radical (unpaired) electrons. The molecule has 18 nitrogen and oxygen atoms in total. The number of furan rings is 2. The highest BCUT2D eigenvalue weighted by Crippen LogP contribution is 2.30. The van der Waals surface area contributed by atoms with Gasteiger partial charge in [-0.25, -0.2) is 9.97 Å².